The highest BCUT2D eigenvalue weighted by molar-refractivity contribution is 5.77. The third-order valence-electron chi connectivity index (χ3n) is 4.11. The van der Waals surface area contributed by atoms with Crippen molar-refractivity contribution < 1.29 is 18.0 Å². The van der Waals surface area contributed by atoms with Gasteiger partial charge in [-0.05, 0) is 5.56 Å². The molecule has 0 radical (unpaired) electrons. The van der Waals surface area contributed by atoms with Crippen molar-refractivity contribution in [3.05, 3.63) is 53.6 Å². The molecule has 1 aromatic carbocycles. The van der Waals surface area contributed by atoms with Gasteiger partial charge in [0.1, 0.15) is 0 Å². The molecule has 1 amide bonds. The van der Waals surface area contributed by atoms with Crippen molar-refractivity contribution in [1.29, 1.82) is 0 Å². The first kappa shape index (κ1) is 18.1. The van der Waals surface area contributed by atoms with Gasteiger partial charge in [0.15, 0.2) is 5.82 Å². The molecule has 1 aliphatic rings. The monoisotopic (exact) mass is 365 g/mol. The van der Waals surface area contributed by atoms with Gasteiger partial charge < -0.3 is 15.2 Å². The molecule has 3 rings (SSSR count). The third kappa shape index (κ3) is 4.10. The Kier molecular flexibility index (Phi) is 5.08. The Morgan fingerprint density at radius 2 is 1.96 bits per heavy atom. The topological polar surface area (TPSA) is 77.0 Å². The van der Waals surface area contributed by atoms with Gasteiger partial charge in [0.25, 0.3) is 0 Å². The minimum atomic E-state index is -4.55. The van der Waals surface area contributed by atoms with E-state index in [0.717, 1.165) is 10.1 Å². The first-order valence-corrected chi connectivity index (χ1v) is 8.10. The first-order valence-electron chi connectivity index (χ1n) is 8.10. The summed E-state index contributed by atoms with van der Waals surface area (Å²) >= 11 is 0. The fourth-order valence-electron chi connectivity index (χ4n) is 2.78. The number of halogens is 3. The Morgan fingerprint density at radius 1 is 1.23 bits per heavy atom. The van der Waals surface area contributed by atoms with Crippen LogP contribution in [0, 0.1) is 0 Å². The Hall–Kier alpha value is -2.68. The number of rotatable bonds is 4. The Balaban J connectivity index is 1.59. The lowest BCUT2D eigenvalue weighted by Gasteiger charge is -2.28. The molecule has 138 valence electrons. The number of carbonyl (C=O) groups excluding carboxylic acids is 1. The number of hydrogen-bond donors (Lipinski definition) is 1. The van der Waals surface area contributed by atoms with Crippen LogP contribution in [0.3, 0.4) is 0 Å². The molecule has 0 saturated carbocycles. The number of amides is 1. The van der Waals surface area contributed by atoms with Gasteiger partial charge in [0.2, 0.25) is 11.7 Å². The SMILES string of the molecule is N[C@H](/C=C/c1ccccc1)CC(=O)N1CCn2c(nnc2C(F)(F)F)C1. The highest BCUT2D eigenvalue weighted by Crippen LogP contribution is 2.29. The lowest BCUT2D eigenvalue weighted by Crippen LogP contribution is -2.41. The van der Waals surface area contributed by atoms with E-state index in [0.29, 0.717) is 0 Å². The van der Waals surface area contributed by atoms with Gasteiger partial charge in [-0.1, -0.05) is 42.5 Å². The van der Waals surface area contributed by atoms with E-state index in [1.807, 2.05) is 36.4 Å². The van der Waals surface area contributed by atoms with Crippen LogP contribution in [0.2, 0.25) is 0 Å². The Labute approximate surface area is 148 Å². The highest BCUT2D eigenvalue weighted by Gasteiger charge is 2.39. The van der Waals surface area contributed by atoms with Crippen LogP contribution in [0.4, 0.5) is 13.2 Å². The van der Waals surface area contributed by atoms with Crippen LogP contribution in [0.1, 0.15) is 23.6 Å². The minimum Gasteiger partial charge on any atom is -0.333 e. The second kappa shape index (κ2) is 7.28. The summed E-state index contributed by atoms with van der Waals surface area (Å²) in [5.74, 6) is -1.12. The number of alkyl halides is 3. The molecule has 0 spiro atoms. The second-order valence-electron chi connectivity index (χ2n) is 6.04. The van der Waals surface area contributed by atoms with E-state index >= 15 is 0 Å². The third-order valence-corrected chi connectivity index (χ3v) is 4.11. The van der Waals surface area contributed by atoms with Crippen molar-refractivity contribution in [2.24, 2.45) is 5.73 Å². The molecular formula is C17H18F3N5O. The van der Waals surface area contributed by atoms with E-state index in [2.05, 4.69) is 10.2 Å². The maximum Gasteiger partial charge on any atom is 0.451 e. The average Bonchev–Trinajstić information content (AvgIpc) is 3.04. The summed E-state index contributed by atoms with van der Waals surface area (Å²) in [7, 11) is 0. The van der Waals surface area contributed by atoms with Crippen molar-refractivity contribution in [3.63, 3.8) is 0 Å². The van der Waals surface area contributed by atoms with Crippen LogP contribution in [-0.4, -0.2) is 38.2 Å². The van der Waals surface area contributed by atoms with E-state index in [1.54, 1.807) is 6.08 Å². The summed E-state index contributed by atoms with van der Waals surface area (Å²) in [4.78, 5) is 13.8. The van der Waals surface area contributed by atoms with Gasteiger partial charge in [0, 0.05) is 25.6 Å². The molecule has 0 saturated heterocycles. The van der Waals surface area contributed by atoms with Gasteiger partial charge in [0.05, 0.1) is 6.54 Å². The number of carbonyl (C=O) groups is 1. The lowest BCUT2D eigenvalue weighted by atomic mass is 10.1. The second-order valence-corrected chi connectivity index (χ2v) is 6.04. The van der Waals surface area contributed by atoms with E-state index in [9.17, 15) is 18.0 Å². The summed E-state index contributed by atoms with van der Waals surface area (Å²) in [5, 5.41) is 6.77. The van der Waals surface area contributed by atoms with E-state index in [1.165, 1.54) is 4.90 Å². The molecule has 1 aliphatic heterocycles. The van der Waals surface area contributed by atoms with Gasteiger partial charge >= 0.3 is 6.18 Å². The van der Waals surface area contributed by atoms with Crippen molar-refractivity contribution in [2.45, 2.75) is 31.7 Å². The average molecular weight is 365 g/mol. The Morgan fingerprint density at radius 3 is 2.65 bits per heavy atom. The summed E-state index contributed by atoms with van der Waals surface area (Å²) in [6.45, 7) is 0.178. The number of aromatic nitrogens is 3. The van der Waals surface area contributed by atoms with Crippen LogP contribution in [0.15, 0.2) is 36.4 Å². The standard InChI is InChI=1S/C17H18F3N5O/c18-17(19,20)16-23-22-14-11-24(8-9-25(14)16)15(26)10-13(21)7-6-12-4-2-1-3-5-12/h1-7,13H,8-11,21H2/b7-6+/t13-/m1/s1. The van der Waals surface area contributed by atoms with Crippen LogP contribution >= 0.6 is 0 Å². The number of hydrogen-bond acceptors (Lipinski definition) is 4. The predicted molar refractivity (Wildman–Crippen MR) is 88.5 cm³/mol. The molecule has 0 bridgehead atoms. The van der Waals surface area contributed by atoms with E-state index < -0.39 is 18.0 Å². The molecule has 0 aliphatic carbocycles. The number of nitrogens with two attached hydrogens (primary N) is 1. The summed E-state index contributed by atoms with van der Waals surface area (Å²) in [6, 6.07) is 9.06. The molecule has 0 unspecified atom stereocenters. The predicted octanol–water partition coefficient (Wildman–Crippen LogP) is 2.07. The smallest absolute Gasteiger partial charge is 0.333 e. The number of benzene rings is 1. The van der Waals surface area contributed by atoms with Crippen LogP contribution in [-0.2, 0) is 24.1 Å². The number of fused-ring (bicyclic) bond motifs is 1. The molecule has 26 heavy (non-hydrogen) atoms. The van der Waals surface area contributed by atoms with E-state index in [4.69, 9.17) is 5.73 Å². The van der Waals surface area contributed by atoms with Gasteiger partial charge in [-0.15, -0.1) is 10.2 Å². The van der Waals surface area contributed by atoms with Crippen molar-refractivity contribution in [2.75, 3.05) is 6.54 Å². The number of nitrogens with zero attached hydrogens (tertiary/aromatic N) is 4. The highest BCUT2D eigenvalue weighted by atomic mass is 19.4. The molecule has 2 N–H and O–H groups in total. The molecule has 2 aromatic rings. The van der Waals surface area contributed by atoms with E-state index in [-0.39, 0.29) is 37.8 Å². The maximum absolute atomic E-state index is 12.8. The lowest BCUT2D eigenvalue weighted by molar-refractivity contribution is -0.148. The Bertz CT molecular complexity index is 800. The van der Waals surface area contributed by atoms with Crippen molar-refractivity contribution >= 4 is 12.0 Å². The zero-order valence-corrected chi connectivity index (χ0v) is 13.9. The molecular weight excluding hydrogens is 347 g/mol. The normalized spacial score (nSPS) is 15.9. The van der Waals surface area contributed by atoms with Gasteiger partial charge in [-0.3, -0.25) is 4.79 Å². The summed E-state index contributed by atoms with van der Waals surface area (Å²) < 4.78 is 39.5. The van der Waals surface area contributed by atoms with Crippen molar-refractivity contribution in [3.8, 4) is 0 Å². The van der Waals surface area contributed by atoms with Crippen LogP contribution < -0.4 is 5.73 Å². The van der Waals surface area contributed by atoms with Gasteiger partial charge in [-0.25, -0.2) is 0 Å². The molecule has 6 nitrogen and oxygen atoms in total. The molecule has 1 aromatic heterocycles. The van der Waals surface area contributed by atoms with Crippen molar-refractivity contribution in [1.82, 2.24) is 19.7 Å². The van der Waals surface area contributed by atoms with Gasteiger partial charge in [-0.2, -0.15) is 13.2 Å². The quantitative estimate of drug-likeness (QED) is 0.900. The zero-order chi connectivity index (χ0) is 18.7. The fraction of sp³-hybridized carbons (Fsp3) is 0.353. The zero-order valence-electron chi connectivity index (χ0n) is 13.9. The minimum absolute atomic E-state index is 0.00294. The summed E-state index contributed by atoms with van der Waals surface area (Å²) in [5.41, 5.74) is 6.94. The largest absolute Gasteiger partial charge is 0.451 e. The molecule has 0 fully saturated rings. The molecule has 2 heterocycles. The summed E-state index contributed by atoms with van der Waals surface area (Å²) in [6.07, 6.45) is -0.909. The fourth-order valence-corrected chi connectivity index (χ4v) is 2.78. The van der Waals surface area contributed by atoms with Crippen LogP contribution in [0.25, 0.3) is 6.08 Å². The van der Waals surface area contributed by atoms with Crippen LogP contribution in [0.5, 0.6) is 0 Å². The molecule has 1 atom stereocenters. The maximum atomic E-state index is 12.8. The first-order chi connectivity index (χ1) is 12.3. The molecule has 9 heteroatoms.